The van der Waals surface area contributed by atoms with Crippen molar-refractivity contribution in [2.45, 2.75) is 24.5 Å². The number of amides is 2. The van der Waals surface area contributed by atoms with Crippen molar-refractivity contribution in [1.82, 2.24) is 14.8 Å². The number of nitrogens with zero attached hydrogens (tertiary/aromatic N) is 5. The van der Waals surface area contributed by atoms with Gasteiger partial charge in [-0.05, 0) is 37.3 Å². The highest BCUT2D eigenvalue weighted by atomic mass is 32.2. The number of morpholine rings is 1. The Labute approximate surface area is 206 Å². The molecule has 2 aromatic carbocycles. The van der Waals surface area contributed by atoms with E-state index in [0.717, 1.165) is 0 Å². The summed E-state index contributed by atoms with van der Waals surface area (Å²) in [5.74, 6) is -0.00816. The van der Waals surface area contributed by atoms with Gasteiger partial charge in [0.25, 0.3) is 0 Å². The van der Waals surface area contributed by atoms with E-state index in [9.17, 15) is 14.0 Å². The van der Waals surface area contributed by atoms with Crippen molar-refractivity contribution < 1.29 is 18.7 Å². The molecule has 0 aliphatic carbocycles. The molecular weight excluding hydrogens is 471 g/mol. The summed E-state index contributed by atoms with van der Waals surface area (Å²) in [6, 6.07) is 13.2. The number of ether oxygens (including phenoxy) is 1. The fraction of sp³-hybridized carbons (Fsp3) is 0.333. The molecule has 1 N–H and O–H groups in total. The number of anilines is 3. The van der Waals surface area contributed by atoms with Gasteiger partial charge >= 0.3 is 0 Å². The number of benzene rings is 2. The van der Waals surface area contributed by atoms with E-state index in [4.69, 9.17) is 4.74 Å². The molecule has 1 atom stereocenters. The Morgan fingerprint density at radius 2 is 1.97 bits per heavy atom. The van der Waals surface area contributed by atoms with E-state index < -0.39 is 0 Å². The van der Waals surface area contributed by atoms with Gasteiger partial charge in [-0.3, -0.25) is 14.2 Å². The SMILES string of the molecule is C[C@H]1CC(=O)Nc2ccccc2N1C(=O)CSc1nnc(N2CCOCC2)n1-c1cccc(F)c1. The molecule has 3 heterocycles. The molecule has 1 saturated heterocycles. The minimum absolute atomic E-state index is 0.0728. The Balaban J connectivity index is 1.43. The van der Waals surface area contributed by atoms with Crippen LogP contribution in [0.4, 0.5) is 21.7 Å². The minimum Gasteiger partial charge on any atom is -0.378 e. The molecule has 11 heteroatoms. The first kappa shape index (κ1) is 23.3. The zero-order chi connectivity index (χ0) is 24.4. The van der Waals surface area contributed by atoms with Gasteiger partial charge in [0.15, 0.2) is 5.16 Å². The molecule has 0 radical (unpaired) electrons. The summed E-state index contributed by atoms with van der Waals surface area (Å²) in [4.78, 5) is 29.4. The molecule has 182 valence electrons. The third-order valence-electron chi connectivity index (χ3n) is 5.93. The molecule has 3 aromatic rings. The van der Waals surface area contributed by atoms with Crippen LogP contribution in [0, 0.1) is 5.82 Å². The maximum absolute atomic E-state index is 14.1. The number of para-hydroxylation sites is 2. The van der Waals surface area contributed by atoms with Gasteiger partial charge in [-0.2, -0.15) is 0 Å². The van der Waals surface area contributed by atoms with Crippen LogP contribution in [-0.2, 0) is 14.3 Å². The predicted molar refractivity (Wildman–Crippen MR) is 132 cm³/mol. The number of fused-ring (bicyclic) bond motifs is 1. The number of carbonyl (C=O) groups is 2. The fourth-order valence-electron chi connectivity index (χ4n) is 4.33. The molecule has 2 amide bonds. The number of halogens is 1. The molecule has 0 saturated carbocycles. The van der Waals surface area contributed by atoms with Crippen molar-refractivity contribution in [2.24, 2.45) is 0 Å². The summed E-state index contributed by atoms with van der Waals surface area (Å²) < 4.78 is 21.3. The summed E-state index contributed by atoms with van der Waals surface area (Å²) in [6.45, 7) is 4.27. The van der Waals surface area contributed by atoms with Crippen LogP contribution in [-0.4, -0.2) is 64.7 Å². The molecule has 0 unspecified atom stereocenters. The number of rotatable bonds is 5. The van der Waals surface area contributed by atoms with Crippen LogP contribution < -0.4 is 15.1 Å². The lowest BCUT2D eigenvalue weighted by Crippen LogP contribution is -2.40. The molecular formula is C24H25FN6O3S. The van der Waals surface area contributed by atoms with Gasteiger partial charge in [0.2, 0.25) is 17.8 Å². The van der Waals surface area contributed by atoms with E-state index >= 15 is 0 Å². The maximum atomic E-state index is 14.1. The minimum atomic E-state index is -0.372. The Kier molecular flexibility index (Phi) is 6.69. The number of aromatic nitrogens is 3. The molecule has 1 aromatic heterocycles. The van der Waals surface area contributed by atoms with Gasteiger partial charge in [0.1, 0.15) is 5.82 Å². The molecule has 0 spiro atoms. The van der Waals surface area contributed by atoms with Gasteiger partial charge in [-0.15, -0.1) is 10.2 Å². The average Bonchev–Trinajstić information content (AvgIpc) is 3.23. The molecule has 9 nitrogen and oxygen atoms in total. The Hall–Kier alpha value is -3.44. The summed E-state index contributed by atoms with van der Waals surface area (Å²) >= 11 is 1.23. The van der Waals surface area contributed by atoms with Crippen LogP contribution in [0.25, 0.3) is 5.69 Å². The van der Waals surface area contributed by atoms with Crippen LogP contribution in [0.5, 0.6) is 0 Å². The molecule has 2 aliphatic heterocycles. The Morgan fingerprint density at radius 1 is 1.17 bits per heavy atom. The van der Waals surface area contributed by atoms with Crippen molar-refractivity contribution in [3.05, 3.63) is 54.3 Å². The number of thioether (sulfide) groups is 1. The Morgan fingerprint density at radius 3 is 2.77 bits per heavy atom. The molecule has 2 aliphatic rings. The van der Waals surface area contributed by atoms with E-state index in [2.05, 4.69) is 15.5 Å². The third-order valence-corrected chi connectivity index (χ3v) is 6.84. The smallest absolute Gasteiger partial charge is 0.237 e. The highest BCUT2D eigenvalue weighted by Crippen LogP contribution is 2.33. The summed E-state index contributed by atoms with van der Waals surface area (Å²) in [5.41, 5.74) is 1.85. The maximum Gasteiger partial charge on any atom is 0.237 e. The van der Waals surface area contributed by atoms with Crippen molar-refractivity contribution in [3.63, 3.8) is 0 Å². The summed E-state index contributed by atoms with van der Waals surface area (Å²) in [6.07, 6.45) is 0.200. The summed E-state index contributed by atoms with van der Waals surface area (Å²) in [5, 5.41) is 12.1. The van der Waals surface area contributed by atoms with Crippen LogP contribution in [0.1, 0.15) is 13.3 Å². The van der Waals surface area contributed by atoms with E-state index in [1.165, 1.54) is 23.9 Å². The highest BCUT2D eigenvalue weighted by molar-refractivity contribution is 7.99. The molecule has 35 heavy (non-hydrogen) atoms. The monoisotopic (exact) mass is 496 g/mol. The van der Waals surface area contributed by atoms with Crippen molar-refractivity contribution in [2.75, 3.05) is 47.2 Å². The fourth-order valence-corrected chi connectivity index (χ4v) is 5.14. The molecule has 5 rings (SSSR count). The number of nitrogens with one attached hydrogen (secondary N) is 1. The van der Waals surface area contributed by atoms with Crippen LogP contribution in [0.2, 0.25) is 0 Å². The second-order valence-corrected chi connectivity index (χ2v) is 9.31. The lowest BCUT2D eigenvalue weighted by Gasteiger charge is -2.28. The first-order chi connectivity index (χ1) is 17.0. The van der Waals surface area contributed by atoms with Gasteiger partial charge in [-0.25, -0.2) is 4.39 Å². The van der Waals surface area contributed by atoms with Crippen molar-refractivity contribution in [3.8, 4) is 5.69 Å². The average molecular weight is 497 g/mol. The van der Waals surface area contributed by atoms with Gasteiger partial charge in [0.05, 0.1) is 36.0 Å². The van der Waals surface area contributed by atoms with E-state index in [-0.39, 0.29) is 35.8 Å². The first-order valence-corrected chi connectivity index (χ1v) is 12.4. The first-order valence-electron chi connectivity index (χ1n) is 11.4. The molecule has 1 fully saturated rings. The number of hydrogen-bond acceptors (Lipinski definition) is 7. The van der Waals surface area contributed by atoms with E-state index in [1.54, 1.807) is 27.7 Å². The van der Waals surface area contributed by atoms with Crippen molar-refractivity contribution >= 4 is 40.9 Å². The van der Waals surface area contributed by atoms with E-state index in [0.29, 0.717) is 54.5 Å². The topological polar surface area (TPSA) is 92.6 Å². The largest absolute Gasteiger partial charge is 0.378 e. The Bertz CT molecular complexity index is 1250. The molecule has 0 bridgehead atoms. The van der Waals surface area contributed by atoms with Gasteiger partial charge in [-0.1, -0.05) is 30.0 Å². The normalized spacial score (nSPS) is 18.1. The highest BCUT2D eigenvalue weighted by Gasteiger charge is 2.30. The van der Waals surface area contributed by atoms with E-state index in [1.807, 2.05) is 30.0 Å². The van der Waals surface area contributed by atoms with Crippen molar-refractivity contribution in [1.29, 1.82) is 0 Å². The number of hydrogen-bond donors (Lipinski definition) is 1. The summed E-state index contributed by atoms with van der Waals surface area (Å²) in [7, 11) is 0. The lowest BCUT2D eigenvalue weighted by molar-refractivity contribution is -0.117. The standard InChI is InChI=1S/C24H25FN6O3S/c1-16-13-21(32)26-19-7-2-3-8-20(19)30(16)22(33)15-35-24-28-27-23(29-9-11-34-12-10-29)31(24)18-6-4-5-17(25)14-18/h2-8,14,16H,9-13,15H2,1H3,(H,26,32)/t16-/m0/s1. The van der Waals surface area contributed by atoms with Gasteiger partial charge in [0, 0.05) is 25.6 Å². The third kappa shape index (κ3) is 4.87. The van der Waals surface area contributed by atoms with Crippen LogP contribution >= 0.6 is 11.8 Å². The van der Waals surface area contributed by atoms with Crippen LogP contribution in [0.15, 0.2) is 53.7 Å². The van der Waals surface area contributed by atoms with Crippen LogP contribution in [0.3, 0.4) is 0 Å². The second-order valence-electron chi connectivity index (χ2n) is 8.37. The predicted octanol–water partition coefficient (Wildman–Crippen LogP) is 3.10. The lowest BCUT2D eigenvalue weighted by atomic mass is 10.2. The van der Waals surface area contributed by atoms with Gasteiger partial charge < -0.3 is 19.9 Å². The number of carbonyl (C=O) groups excluding carboxylic acids is 2. The zero-order valence-corrected chi connectivity index (χ0v) is 20.0. The zero-order valence-electron chi connectivity index (χ0n) is 19.2. The second kappa shape index (κ2) is 10.0. The quantitative estimate of drug-likeness (QED) is 0.543.